The molecule has 1 atom stereocenters. The van der Waals surface area contributed by atoms with Gasteiger partial charge in [-0.3, -0.25) is 9.30 Å². The zero-order valence-corrected chi connectivity index (χ0v) is 16.1. The van der Waals surface area contributed by atoms with Crippen LogP contribution in [0.25, 0.3) is 5.78 Å². The Balaban J connectivity index is 1.75. The largest absolute Gasteiger partial charge is 0.416 e. The van der Waals surface area contributed by atoms with Crippen LogP contribution in [0.2, 0.25) is 0 Å². The van der Waals surface area contributed by atoms with Crippen LogP contribution in [0.1, 0.15) is 46.7 Å². The topological polar surface area (TPSA) is 58.4 Å². The molecule has 3 heterocycles. The van der Waals surface area contributed by atoms with Crippen LogP contribution in [0.3, 0.4) is 0 Å². The summed E-state index contributed by atoms with van der Waals surface area (Å²) in [6.45, 7) is 6.66. The van der Waals surface area contributed by atoms with Crippen molar-refractivity contribution in [1.82, 2.24) is 24.5 Å². The Bertz CT molecular complexity index is 1060. The first kappa shape index (κ1) is 18.7. The van der Waals surface area contributed by atoms with Crippen molar-refractivity contribution in [3.63, 3.8) is 0 Å². The number of benzene rings is 1. The van der Waals surface area contributed by atoms with E-state index in [1.165, 1.54) is 13.0 Å². The molecule has 0 bridgehead atoms. The number of halogens is 3. The number of alkyl halides is 3. The summed E-state index contributed by atoms with van der Waals surface area (Å²) >= 11 is 0. The van der Waals surface area contributed by atoms with E-state index in [1.807, 2.05) is 25.3 Å². The van der Waals surface area contributed by atoms with Crippen molar-refractivity contribution in [2.75, 3.05) is 12.4 Å². The summed E-state index contributed by atoms with van der Waals surface area (Å²) in [6.07, 6.45) is -4.38. The monoisotopic (exact) mass is 390 g/mol. The van der Waals surface area contributed by atoms with Gasteiger partial charge < -0.3 is 5.32 Å². The van der Waals surface area contributed by atoms with Gasteiger partial charge >= 0.3 is 6.18 Å². The molecule has 148 valence electrons. The van der Waals surface area contributed by atoms with Gasteiger partial charge in [0.05, 0.1) is 11.6 Å². The third kappa shape index (κ3) is 2.99. The summed E-state index contributed by atoms with van der Waals surface area (Å²) in [5.74, 6) is 1.90. The second-order valence-corrected chi connectivity index (χ2v) is 7.32. The van der Waals surface area contributed by atoms with Crippen LogP contribution in [0.4, 0.5) is 19.0 Å². The Morgan fingerprint density at radius 1 is 1.14 bits per heavy atom. The summed E-state index contributed by atoms with van der Waals surface area (Å²) in [5.41, 5.74) is 2.29. The molecule has 1 unspecified atom stereocenters. The van der Waals surface area contributed by atoms with E-state index in [2.05, 4.69) is 25.4 Å². The van der Waals surface area contributed by atoms with Crippen molar-refractivity contribution in [2.45, 2.75) is 46.1 Å². The predicted octanol–water partition coefficient (Wildman–Crippen LogP) is 3.88. The molecule has 1 aliphatic rings. The van der Waals surface area contributed by atoms with Gasteiger partial charge in [0.15, 0.2) is 0 Å². The van der Waals surface area contributed by atoms with E-state index < -0.39 is 11.7 Å². The van der Waals surface area contributed by atoms with Crippen LogP contribution in [0, 0.1) is 13.8 Å². The number of hydrogen-bond donors (Lipinski definition) is 1. The van der Waals surface area contributed by atoms with Crippen LogP contribution in [0.5, 0.6) is 0 Å². The summed E-state index contributed by atoms with van der Waals surface area (Å²) in [7, 11) is 2.01. The second-order valence-electron chi connectivity index (χ2n) is 7.32. The molecule has 9 heteroatoms. The molecule has 1 aromatic carbocycles. The normalized spacial score (nSPS) is 15.8. The van der Waals surface area contributed by atoms with Gasteiger partial charge in [-0.05, 0) is 45.0 Å². The molecule has 4 rings (SSSR count). The maximum absolute atomic E-state index is 13.3. The van der Waals surface area contributed by atoms with Crippen molar-refractivity contribution in [2.24, 2.45) is 0 Å². The second kappa shape index (κ2) is 6.44. The first-order valence-electron chi connectivity index (χ1n) is 9.02. The molecule has 3 aromatic rings. The fourth-order valence-corrected chi connectivity index (χ4v) is 3.92. The van der Waals surface area contributed by atoms with Crippen molar-refractivity contribution < 1.29 is 13.2 Å². The third-order valence-corrected chi connectivity index (χ3v) is 5.27. The van der Waals surface area contributed by atoms with Crippen molar-refractivity contribution in [3.05, 3.63) is 52.0 Å². The van der Waals surface area contributed by atoms with Crippen LogP contribution in [-0.4, -0.2) is 31.5 Å². The molecule has 1 N–H and O–H groups in total. The lowest BCUT2D eigenvalue weighted by Crippen LogP contribution is -2.16. The summed E-state index contributed by atoms with van der Waals surface area (Å²) < 4.78 is 41.7. The highest BCUT2D eigenvalue weighted by molar-refractivity contribution is 5.56. The highest BCUT2D eigenvalue weighted by atomic mass is 19.4. The number of nitrogens with one attached hydrogen (secondary N) is 1. The quantitative estimate of drug-likeness (QED) is 0.736. The Labute approximate surface area is 160 Å². The zero-order valence-electron chi connectivity index (χ0n) is 16.1. The van der Waals surface area contributed by atoms with Crippen LogP contribution < -0.4 is 5.32 Å². The molecule has 0 saturated carbocycles. The Hall–Kier alpha value is -2.68. The zero-order chi connectivity index (χ0) is 20.2. The number of rotatable bonds is 3. The molecule has 2 aromatic heterocycles. The number of aromatic nitrogens is 4. The van der Waals surface area contributed by atoms with E-state index >= 15 is 0 Å². The van der Waals surface area contributed by atoms with E-state index in [-0.39, 0.29) is 11.6 Å². The summed E-state index contributed by atoms with van der Waals surface area (Å²) in [6, 6.07) is 3.92. The molecule has 0 saturated heterocycles. The van der Waals surface area contributed by atoms with Gasteiger partial charge in [-0.25, -0.2) is 0 Å². The maximum atomic E-state index is 13.3. The molecule has 28 heavy (non-hydrogen) atoms. The van der Waals surface area contributed by atoms with E-state index in [4.69, 9.17) is 0 Å². The molecule has 0 spiro atoms. The van der Waals surface area contributed by atoms with Crippen molar-refractivity contribution in [3.8, 4) is 0 Å². The third-order valence-electron chi connectivity index (χ3n) is 5.27. The number of aryl methyl sites for hydroxylation is 1. The number of hydrogen-bond acceptors (Lipinski definition) is 5. The molecular formula is C19H21F3N6. The smallest absolute Gasteiger partial charge is 0.363 e. The van der Waals surface area contributed by atoms with E-state index in [0.717, 1.165) is 29.7 Å². The van der Waals surface area contributed by atoms with E-state index in [0.29, 0.717) is 23.7 Å². The molecule has 0 amide bonds. The maximum Gasteiger partial charge on any atom is 0.416 e. The minimum Gasteiger partial charge on any atom is -0.363 e. The first-order valence-corrected chi connectivity index (χ1v) is 9.02. The van der Waals surface area contributed by atoms with Gasteiger partial charge in [0.25, 0.3) is 5.78 Å². The molecule has 0 fully saturated rings. The SMILES string of the molecule is Cc1c(C(C)Nc2nc3nnc(C)n3c3c2CN(C)C3)cccc1C(F)(F)F. The van der Waals surface area contributed by atoms with Gasteiger partial charge in [0, 0.05) is 24.3 Å². The minimum atomic E-state index is -4.38. The van der Waals surface area contributed by atoms with E-state index in [9.17, 15) is 13.2 Å². The number of nitrogens with zero attached hydrogens (tertiary/aromatic N) is 5. The number of fused-ring (bicyclic) bond motifs is 3. The van der Waals surface area contributed by atoms with Gasteiger partial charge in [0.2, 0.25) is 0 Å². The molecule has 0 radical (unpaired) electrons. The van der Waals surface area contributed by atoms with Crippen LogP contribution in [0.15, 0.2) is 18.2 Å². The van der Waals surface area contributed by atoms with Crippen LogP contribution in [-0.2, 0) is 19.3 Å². The summed E-state index contributed by atoms with van der Waals surface area (Å²) in [5, 5.41) is 11.5. The summed E-state index contributed by atoms with van der Waals surface area (Å²) in [4.78, 5) is 6.75. The fourth-order valence-electron chi connectivity index (χ4n) is 3.92. The highest BCUT2D eigenvalue weighted by Gasteiger charge is 2.33. The van der Waals surface area contributed by atoms with Crippen molar-refractivity contribution in [1.29, 1.82) is 0 Å². The van der Waals surface area contributed by atoms with Gasteiger partial charge in [-0.2, -0.15) is 18.2 Å². The van der Waals surface area contributed by atoms with E-state index in [1.54, 1.807) is 6.07 Å². The highest BCUT2D eigenvalue weighted by Crippen LogP contribution is 2.36. The van der Waals surface area contributed by atoms with Gasteiger partial charge in [-0.15, -0.1) is 10.2 Å². The van der Waals surface area contributed by atoms with Crippen molar-refractivity contribution >= 4 is 11.6 Å². The Morgan fingerprint density at radius 3 is 2.61 bits per heavy atom. The molecule has 6 nitrogen and oxygen atoms in total. The lowest BCUT2D eigenvalue weighted by Gasteiger charge is -2.21. The first-order chi connectivity index (χ1) is 13.2. The average Bonchev–Trinajstić information content (AvgIpc) is 3.16. The van der Waals surface area contributed by atoms with Crippen LogP contribution >= 0.6 is 0 Å². The standard InChI is InChI=1S/C19H21F3N6/c1-10-13(6-5-7-15(10)19(20,21)22)11(2)23-17-14-8-27(4)9-16(14)28-12(3)25-26-18(28)24-17/h5-7,11H,8-9H2,1-4H3,(H,23,24,26). The van der Waals surface area contributed by atoms with Gasteiger partial charge in [0.1, 0.15) is 11.6 Å². The minimum absolute atomic E-state index is 0.225. The Kier molecular flexibility index (Phi) is 4.29. The molecule has 0 aliphatic carbocycles. The average molecular weight is 390 g/mol. The van der Waals surface area contributed by atoms with Gasteiger partial charge in [-0.1, -0.05) is 12.1 Å². The lowest BCUT2D eigenvalue weighted by molar-refractivity contribution is -0.138. The molecular weight excluding hydrogens is 369 g/mol. The molecule has 1 aliphatic heterocycles. The fraction of sp³-hybridized carbons (Fsp3) is 0.421. The predicted molar refractivity (Wildman–Crippen MR) is 98.9 cm³/mol. The Morgan fingerprint density at radius 2 is 1.89 bits per heavy atom. The number of anilines is 1. The lowest BCUT2D eigenvalue weighted by atomic mass is 9.97.